The molecule has 4 aliphatic heterocycles. The van der Waals surface area contributed by atoms with E-state index in [1.165, 1.54) is 6.07 Å². The van der Waals surface area contributed by atoms with Gasteiger partial charge in [0.25, 0.3) is 0 Å². The Kier molecular flexibility index (Phi) is 10.2. The van der Waals surface area contributed by atoms with Crippen LogP contribution in [-0.4, -0.2) is 113 Å². The van der Waals surface area contributed by atoms with E-state index in [1.807, 2.05) is 24.3 Å². The average molecular weight is 692 g/mol. The number of piperazine rings is 1. The van der Waals surface area contributed by atoms with E-state index in [0.29, 0.717) is 64.7 Å². The van der Waals surface area contributed by atoms with E-state index >= 15 is 0 Å². The molecule has 2 aromatic rings. The zero-order valence-corrected chi connectivity index (χ0v) is 27.3. The molecule has 11 nitrogen and oxygen atoms in total. The lowest BCUT2D eigenvalue weighted by molar-refractivity contribution is -0.138. The van der Waals surface area contributed by atoms with Crippen molar-refractivity contribution in [2.45, 2.75) is 63.0 Å². The molecule has 0 aromatic heterocycles. The number of hydrogen-bond acceptors (Lipinski definition) is 6. The predicted octanol–water partition coefficient (Wildman–Crippen LogP) is 4.09. The van der Waals surface area contributed by atoms with Crippen molar-refractivity contribution < 1.29 is 32.7 Å². The summed E-state index contributed by atoms with van der Waals surface area (Å²) in [5.41, 5.74) is 0.561. The van der Waals surface area contributed by atoms with Gasteiger partial charge in [0.05, 0.1) is 10.6 Å². The highest BCUT2D eigenvalue weighted by molar-refractivity contribution is 6.32. The maximum Gasteiger partial charge on any atom is 0.420 e. The summed E-state index contributed by atoms with van der Waals surface area (Å²) in [5, 5.41) is 18.6. The Morgan fingerprint density at radius 2 is 1.65 bits per heavy atom. The number of piperidine rings is 2. The van der Waals surface area contributed by atoms with Gasteiger partial charge in [-0.2, -0.15) is 13.2 Å². The highest BCUT2D eigenvalue weighted by atomic mass is 35.5. The van der Waals surface area contributed by atoms with Crippen LogP contribution in [0.15, 0.2) is 36.4 Å². The first-order chi connectivity index (χ1) is 23.0. The molecule has 3 saturated heterocycles. The second-order valence-electron chi connectivity index (χ2n) is 13.0. The predicted molar refractivity (Wildman–Crippen MR) is 174 cm³/mol. The van der Waals surface area contributed by atoms with Crippen LogP contribution in [0.5, 0.6) is 5.75 Å². The van der Waals surface area contributed by atoms with Crippen LogP contribution in [0.3, 0.4) is 0 Å². The van der Waals surface area contributed by atoms with E-state index in [0.717, 1.165) is 43.2 Å². The number of anilines is 1. The van der Waals surface area contributed by atoms with Crippen molar-refractivity contribution in [3.63, 3.8) is 0 Å². The minimum Gasteiger partial charge on any atom is -0.506 e. The Bertz CT molecular complexity index is 1510. The van der Waals surface area contributed by atoms with Crippen molar-refractivity contribution in [1.29, 1.82) is 0 Å². The van der Waals surface area contributed by atoms with Crippen LogP contribution < -0.4 is 16.0 Å². The number of fused-ring (bicyclic) bond motifs is 1. The molecule has 4 aliphatic rings. The minimum atomic E-state index is -4.87. The molecule has 3 fully saturated rings. The number of phenolic OH excluding ortho intramolecular Hbond substituents is 1. The van der Waals surface area contributed by atoms with E-state index < -0.39 is 34.6 Å². The van der Waals surface area contributed by atoms with E-state index in [-0.39, 0.29) is 30.0 Å². The summed E-state index contributed by atoms with van der Waals surface area (Å²) in [6.07, 6.45) is -1.99. The van der Waals surface area contributed by atoms with Gasteiger partial charge < -0.3 is 35.8 Å². The number of carbonyl (C=O) groups excluding carboxylic acids is 3. The molecule has 0 spiro atoms. The molecule has 0 bridgehead atoms. The van der Waals surface area contributed by atoms with Crippen molar-refractivity contribution in [2.24, 2.45) is 0 Å². The van der Waals surface area contributed by atoms with Crippen molar-refractivity contribution in [2.75, 3.05) is 57.7 Å². The zero-order valence-electron chi connectivity index (χ0n) is 26.6. The molecule has 6 rings (SSSR count). The number of para-hydroxylation sites is 1. The Balaban J connectivity index is 1.13. The number of alkyl halides is 3. The first kappa shape index (κ1) is 34.1. The molecule has 4 N–H and O–H groups in total. The molecule has 260 valence electrons. The van der Waals surface area contributed by atoms with Crippen LogP contribution in [0.25, 0.3) is 0 Å². The van der Waals surface area contributed by atoms with Gasteiger partial charge in [0.1, 0.15) is 11.8 Å². The smallest absolute Gasteiger partial charge is 0.420 e. The molecule has 15 heteroatoms. The van der Waals surface area contributed by atoms with Gasteiger partial charge >= 0.3 is 18.2 Å². The quantitative estimate of drug-likeness (QED) is 0.363. The largest absolute Gasteiger partial charge is 0.506 e. The molecule has 5 amide bonds. The molecule has 0 aliphatic carbocycles. The van der Waals surface area contributed by atoms with Crippen LogP contribution in [0.4, 0.5) is 28.4 Å². The number of likely N-dealkylation sites (tertiary alicyclic amines) is 1. The third-order valence-corrected chi connectivity index (χ3v) is 10.3. The summed E-state index contributed by atoms with van der Waals surface area (Å²) in [6.45, 7) is 5.24. The standard InChI is InChI=1S/C33H41ClF3N7O4/c34-26-18-21(17-25(29(26)45)33(35,36)37)19-28(30(46)42-15-13-41(14-16-42)23-5-9-38-10-6-23)40-31(47)43-11-7-24(8-12-43)44-20-22-3-1-2-4-27(22)39-32(44)48/h1-4,17-18,23-24,28,38,45H,5-16,19-20H2,(H,39,48)(H,40,47)/t28-/m1/s1. The Morgan fingerprint density at radius 1 is 0.958 bits per heavy atom. The summed E-state index contributed by atoms with van der Waals surface area (Å²) in [4.78, 5) is 47.8. The van der Waals surface area contributed by atoms with Crippen LogP contribution in [0, 0.1) is 0 Å². The topological polar surface area (TPSA) is 120 Å². The fraction of sp³-hybridized carbons (Fsp3) is 0.545. The number of phenols is 1. The number of aromatic hydroxyl groups is 1. The van der Waals surface area contributed by atoms with Crippen LogP contribution in [-0.2, 0) is 23.9 Å². The van der Waals surface area contributed by atoms with Crippen LogP contribution in [0.2, 0.25) is 5.02 Å². The van der Waals surface area contributed by atoms with Crippen molar-refractivity contribution in [3.05, 3.63) is 58.1 Å². The average Bonchev–Trinajstić information content (AvgIpc) is 3.09. The molecular weight excluding hydrogens is 651 g/mol. The lowest BCUT2D eigenvalue weighted by atomic mass is 10.00. The normalized spacial score (nSPS) is 20.7. The molecule has 0 saturated carbocycles. The number of rotatable bonds is 6. The van der Waals surface area contributed by atoms with Crippen molar-refractivity contribution in [3.8, 4) is 5.75 Å². The van der Waals surface area contributed by atoms with Gasteiger partial charge in [0, 0.05) is 70.0 Å². The van der Waals surface area contributed by atoms with E-state index in [4.69, 9.17) is 11.6 Å². The summed E-state index contributed by atoms with van der Waals surface area (Å²) >= 11 is 5.99. The van der Waals surface area contributed by atoms with Crippen LogP contribution >= 0.6 is 11.6 Å². The highest BCUT2D eigenvalue weighted by Crippen LogP contribution is 2.40. The Morgan fingerprint density at radius 3 is 2.33 bits per heavy atom. The second-order valence-corrected chi connectivity index (χ2v) is 13.4. The molecule has 2 aromatic carbocycles. The highest BCUT2D eigenvalue weighted by Gasteiger charge is 2.38. The van der Waals surface area contributed by atoms with E-state index in [1.54, 1.807) is 14.7 Å². The van der Waals surface area contributed by atoms with Crippen molar-refractivity contribution in [1.82, 2.24) is 30.2 Å². The monoisotopic (exact) mass is 691 g/mol. The number of halogens is 4. The van der Waals surface area contributed by atoms with Gasteiger partial charge in [-0.05, 0) is 68.1 Å². The third kappa shape index (κ3) is 7.60. The van der Waals surface area contributed by atoms with Gasteiger partial charge in [-0.15, -0.1) is 0 Å². The third-order valence-electron chi connectivity index (χ3n) is 9.97. The molecular formula is C33H41ClF3N7O4. The lowest BCUT2D eigenvalue weighted by Gasteiger charge is -2.42. The molecule has 0 radical (unpaired) electrons. The van der Waals surface area contributed by atoms with Gasteiger partial charge in [-0.1, -0.05) is 29.8 Å². The zero-order chi connectivity index (χ0) is 34.0. The van der Waals surface area contributed by atoms with Gasteiger partial charge in [-0.25, -0.2) is 9.59 Å². The van der Waals surface area contributed by atoms with Crippen LogP contribution in [0.1, 0.15) is 42.4 Å². The molecule has 0 unspecified atom stereocenters. The van der Waals surface area contributed by atoms with Gasteiger partial charge in [0.2, 0.25) is 5.91 Å². The fourth-order valence-corrected chi connectivity index (χ4v) is 7.50. The molecule has 4 heterocycles. The van der Waals surface area contributed by atoms with Gasteiger partial charge in [0.15, 0.2) is 0 Å². The summed E-state index contributed by atoms with van der Waals surface area (Å²) in [7, 11) is 0. The first-order valence-corrected chi connectivity index (χ1v) is 16.9. The first-order valence-electron chi connectivity index (χ1n) is 16.5. The summed E-state index contributed by atoms with van der Waals surface area (Å²) in [6, 6.07) is 8.08. The summed E-state index contributed by atoms with van der Waals surface area (Å²) in [5.74, 6) is -1.47. The Hall–Kier alpha value is -3.75. The fourth-order valence-electron chi connectivity index (χ4n) is 7.26. The Labute approximate surface area is 282 Å². The number of nitrogens with one attached hydrogen (secondary N) is 3. The number of amides is 5. The maximum absolute atomic E-state index is 13.9. The number of carbonyl (C=O) groups is 3. The number of urea groups is 2. The maximum atomic E-state index is 13.9. The number of hydrogen-bond donors (Lipinski definition) is 4. The summed E-state index contributed by atoms with van der Waals surface area (Å²) < 4.78 is 41.1. The SMILES string of the molecule is O=C(N[C@H](Cc1cc(Cl)c(O)c(C(F)(F)F)c1)C(=O)N1CCN(C2CCNCC2)CC1)N1CCC(N2Cc3ccccc3NC2=O)CC1. The molecule has 1 atom stereocenters. The lowest BCUT2D eigenvalue weighted by Crippen LogP contribution is -2.59. The molecule has 48 heavy (non-hydrogen) atoms. The van der Waals surface area contributed by atoms with E-state index in [9.17, 15) is 32.7 Å². The second kappa shape index (κ2) is 14.4. The minimum absolute atomic E-state index is 0.0622. The number of benzene rings is 2. The number of nitrogens with zero attached hydrogens (tertiary/aromatic N) is 4. The van der Waals surface area contributed by atoms with Gasteiger partial charge in [-0.3, -0.25) is 9.69 Å². The van der Waals surface area contributed by atoms with E-state index in [2.05, 4.69) is 20.9 Å². The van der Waals surface area contributed by atoms with Crippen molar-refractivity contribution >= 4 is 35.3 Å².